The Morgan fingerprint density at radius 1 is 1.36 bits per heavy atom. The molecule has 1 heterocycles. The monoisotopic (exact) mass is 368 g/mol. The molecule has 1 aromatic rings. The normalized spacial score (nSPS) is 16.4. The van der Waals surface area contributed by atoms with Gasteiger partial charge in [0.15, 0.2) is 18.1 Å². The van der Waals surface area contributed by atoms with Crippen LogP contribution < -0.4 is 15.2 Å². The van der Waals surface area contributed by atoms with Crippen molar-refractivity contribution in [2.75, 3.05) is 26.8 Å². The van der Waals surface area contributed by atoms with Crippen molar-refractivity contribution in [1.82, 2.24) is 4.90 Å². The second-order valence-electron chi connectivity index (χ2n) is 6.28. The van der Waals surface area contributed by atoms with E-state index < -0.39 is 0 Å². The summed E-state index contributed by atoms with van der Waals surface area (Å²) in [7, 11) is 1.60. The van der Waals surface area contributed by atoms with Crippen LogP contribution in [0, 0.1) is 5.92 Å². The summed E-state index contributed by atoms with van der Waals surface area (Å²) in [4.78, 5) is 14.2. The first-order valence-corrected chi connectivity index (χ1v) is 8.52. The fourth-order valence-corrected chi connectivity index (χ4v) is 3.00. The largest absolute Gasteiger partial charge is 0.493 e. The van der Waals surface area contributed by atoms with E-state index in [0.29, 0.717) is 17.4 Å². The van der Waals surface area contributed by atoms with Crippen LogP contribution in [0.1, 0.15) is 32.3 Å². The summed E-state index contributed by atoms with van der Waals surface area (Å²) in [6.07, 6.45) is 5.88. The van der Waals surface area contributed by atoms with Gasteiger partial charge in [-0.15, -0.1) is 12.4 Å². The highest BCUT2D eigenvalue weighted by Crippen LogP contribution is 2.28. The highest BCUT2D eigenvalue weighted by molar-refractivity contribution is 5.85. The summed E-state index contributed by atoms with van der Waals surface area (Å²) >= 11 is 0. The van der Waals surface area contributed by atoms with Crippen LogP contribution in [0.3, 0.4) is 0 Å². The van der Waals surface area contributed by atoms with Crippen molar-refractivity contribution < 1.29 is 14.3 Å². The molecular weight excluding hydrogens is 340 g/mol. The number of likely N-dealkylation sites (tertiary alicyclic amines) is 1. The van der Waals surface area contributed by atoms with Gasteiger partial charge in [0.25, 0.3) is 5.91 Å². The van der Waals surface area contributed by atoms with Gasteiger partial charge >= 0.3 is 0 Å². The number of halogens is 1. The summed E-state index contributed by atoms with van der Waals surface area (Å²) in [5.41, 5.74) is 6.98. The molecule has 5 nitrogen and oxygen atoms in total. The minimum absolute atomic E-state index is 0. The fraction of sp³-hybridized carbons (Fsp3) is 0.526. The molecule has 1 aliphatic rings. The van der Waals surface area contributed by atoms with Gasteiger partial charge in [0, 0.05) is 19.1 Å². The predicted octanol–water partition coefficient (Wildman–Crippen LogP) is 3.11. The molecule has 1 aliphatic heterocycles. The van der Waals surface area contributed by atoms with Crippen LogP contribution in [0.15, 0.2) is 24.3 Å². The first-order valence-electron chi connectivity index (χ1n) is 8.52. The molecule has 1 amide bonds. The van der Waals surface area contributed by atoms with Gasteiger partial charge in [0.1, 0.15) is 0 Å². The third kappa shape index (κ3) is 5.94. The molecule has 140 valence electrons. The van der Waals surface area contributed by atoms with Gasteiger partial charge in [0.05, 0.1) is 7.11 Å². The molecule has 0 spiro atoms. The highest BCUT2D eigenvalue weighted by atomic mass is 35.5. The SMILES string of the molecule is C/C=C/c1ccc(OCC(=O)N2CCC(C(C)N)CC2)c(OC)c1.Cl. The van der Waals surface area contributed by atoms with Crippen LogP contribution in [0.25, 0.3) is 6.08 Å². The van der Waals surface area contributed by atoms with Crippen LogP contribution >= 0.6 is 12.4 Å². The lowest BCUT2D eigenvalue weighted by Crippen LogP contribution is -2.44. The number of carbonyl (C=O) groups excluding carboxylic acids is 1. The number of ether oxygens (including phenoxy) is 2. The molecule has 25 heavy (non-hydrogen) atoms. The quantitative estimate of drug-likeness (QED) is 0.837. The maximum atomic E-state index is 12.3. The van der Waals surface area contributed by atoms with Crippen molar-refractivity contribution in [3.8, 4) is 11.5 Å². The Morgan fingerprint density at radius 3 is 2.60 bits per heavy atom. The zero-order chi connectivity index (χ0) is 17.5. The third-order valence-electron chi connectivity index (χ3n) is 4.53. The van der Waals surface area contributed by atoms with E-state index in [2.05, 4.69) is 0 Å². The summed E-state index contributed by atoms with van der Waals surface area (Å²) < 4.78 is 11.0. The number of carbonyl (C=O) groups is 1. The smallest absolute Gasteiger partial charge is 0.260 e. The Labute approximate surface area is 156 Å². The topological polar surface area (TPSA) is 64.8 Å². The number of allylic oxidation sites excluding steroid dienone is 1. The molecule has 0 aliphatic carbocycles. The molecule has 2 N–H and O–H groups in total. The second kappa shape index (κ2) is 10.3. The average Bonchev–Trinajstić information content (AvgIpc) is 2.60. The lowest BCUT2D eigenvalue weighted by molar-refractivity contribution is -0.134. The maximum Gasteiger partial charge on any atom is 0.260 e. The van der Waals surface area contributed by atoms with Crippen molar-refractivity contribution >= 4 is 24.4 Å². The number of nitrogens with two attached hydrogens (primary N) is 1. The molecule has 1 aromatic carbocycles. The predicted molar refractivity (Wildman–Crippen MR) is 103 cm³/mol. The first kappa shape index (κ1) is 21.3. The van der Waals surface area contributed by atoms with Gasteiger partial charge in [-0.05, 0) is 50.3 Å². The molecule has 2 rings (SSSR count). The fourth-order valence-electron chi connectivity index (χ4n) is 3.00. The van der Waals surface area contributed by atoms with Gasteiger partial charge in [-0.25, -0.2) is 0 Å². The van der Waals surface area contributed by atoms with E-state index in [9.17, 15) is 4.79 Å². The Bertz CT molecular complexity index is 582. The van der Waals surface area contributed by atoms with Crippen LogP contribution in [0.5, 0.6) is 11.5 Å². The van der Waals surface area contributed by atoms with E-state index in [4.69, 9.17) is 15.2 Å². The molecule has 0 bridgehead atoms. The van der Waals surface area contributed by atoms with Crippen molar-refractivity contribution in [3.63, 3.8) is 0 Å². The van der Waals surface area contributed by atoms with E-state index in [-0.39, 0.29) is 31.0 Å². The zero-order valence-corrected chi connectivity index (χ0v) is 16.1. The van der Waals surface area contributed by atoms with Crippen molar-refractivity contribution in [2.45, 2.75) is 32.7 Å². The Kier molecular flexibility index (Phi) is 8.79. The standard InChI is InChI=1S/C19H28N2O3.ClH/c1-4-5-15-6-7-17(18(12-15)23-3)24-13-19(22)21-10-8-16(9-11-21)14(2)20;/h4-7,12,14,16H,8-11,13,20H2,1-3H3;1H/b5-4+;. The second-order valence-corrected chi connectivity index (χ2v) is 6.28. The number of nitrogens with zero attached hydrogens (tertiary/aromatic N) is 1. The number of amides is 1. The number of hydrogen-bond acceptors (Lipinski definition) is 4. The lowest BCUT2D eigenvalue weighted by atomic mass is 9.91. The van der Waals surface area contributed by atoms with Gasteiger partial charge < -0.3 is 20.1 Å². The van der Waals surface area contributed by atoms with Gasteiger partial charge in [-0.1, -0.05) is 18.2 Å². The summed E-state index contributed by atoms with van der Waals surface area (Å²) in [6, 6.07) is 5.87. The van der Waals surface area contributed by atoms with E-state index in [1.807, 2.05) is 49.1 Å². The third-order valence-corrected chi connectivity index (χ3v) is 4.53. The Balaban J connectivity index is 0.00000312. The average molecular weight is 369 g/mol. The van der Waals surface area contributed by atoms with Gasteiger partial charge in [-0.3, -0.25) is 4.79 Å². The molecule has 0 aromatic heterocycles. The van der Waals surface area contributed by atoms with E-state index in [1.54, 1.807) is 7.11 Å². The van der Waals surface area contributed by atoms with Gasteiger partial charge in [-0.2, -0.15) is 0 Å². The molecular formula is C19H29ClN2O3. The highest BCUT2D eigenvalue weighted by Gasteiger charge is 2.25. The van der Waals surface area contributed by atoms with E-state index in [1.165, 1.54) is 0 Å². The van der Waals surface area contributed by atoms with Crippen molar-refractivity contribution in [3.05, 3.63) is 29.8 Å². The summed E-state index contributed by atoms with van der Waals surface area (Å²) in [5, 5.41) is 0. The van der Waals surface area contributed by atoms with Crippen LogP contribution in [0.2, 0.25) is 0 Å². The van der Waals surface area contributed by atoms with Crippen molar-refractivity contribution in [1.29, 1.82) is 0 Å². The molecule has 1 atom stereocenters. The van der Waals surface area contributed by atoms with Crippen LogP contribution in [-0.2, 0) is 4.79 Å². The number of piperidine rings is 1. The molecule has 6 heteroatoms. The minimum Gasteiger partial charge on any atom is -0.493 e. The number of benzene rings is 1. The van der Waals surface area contributed by atoms with Crippen molar-refractivity contribution in [2.24, 2.45) is 11.7 Å². The number of hydrogen-bond donors (Lipinski definition) is 1. The number of methoxy groups -OCH3 is 1. The first-order chi connectivity index (χ1) is 11.5. The minimum atomic E-state index is 0. The lowest BCUT2D eigenvalue weighted by Gasteiger charge is -2.33. The Hall–Kier alpha value is -1.72. The maximum absolute atomic E-state index is 12.3. The van der Waals surface area contributed by atoms with Crippen LogP contribution in [-0.4, -0.2) is 43.7 Å². The van der Waals surface area contributed by atoms with E-state index >= 15 is 0 Å². The zero-order valence-electron chi connectivity index (χ0n) is 15.2. The Morgan fingerprint density at radius 2 is 2.04 bits per heavy atom. The molecule has 0 radical (unpaired) electrons. The van der Waals surface area contributed by atoms with Crippen LogP contribution in [0.4, 0.5) is 0 Å². The molecule has 1 fully saturated rings. The number of rotatable bonds is 6. The summed E-state index contributed by atoms with van der Waals surface area (Å²) in [6.45, 7) is 5.54. The van der Waals surface area contributed by atoms with E-state index in [0.717, 1.165) is 31.5 Å². The van der Waals surface area contributed by atoms with Gasteiger partial charge in [0.2, 0.25) is 0 Å². The molecule has 1 saturated heterocycles. The molecule has 0 saturated carbocycles. The molecule has 1 unspecified atom stereocenters. The summed E-state index contributed by atoms with van der Waals surface area (Å²) in [5.74, 6) is 1.74.